The molecule has 1 amide bonds. The van der Waals surface area contributed by atoms with Crippen LogP contribution in [0.3, 0.4) is 0 Å². The van der Waals surface area contributed by atoms with E-state index in [2.05, 4.69) is 15.5 Å². The Morgan fingerprint density at radius 3 is 2.54 bits per heavy atom. The van der Waals surface area contributed by atoms with Crippen LogP contribution in [0.25, 0.3) is 0 Å². The second kappa shape index (κ2) is 8.27. The molecule has 3 rings (SSSR count). The number of ether oxygens (including phenoxy) is 1. The summed E-state index contributed by atoms with van der Waals surface area (Å²) in [5.41, 5.74) is 5.14. The highest BCUT2D eigenvalue weighted by Gasteiger charge is 2.14. The fourth-order valence-electron chi connectivity index (χ4n) is 2.42. The van der Waals surface area contributed by atoms with E-state index < -0.39 is 5.91 Å². The normalized spacial score (nSPS) is 11.1. The van der Waals surface area contributed by atoms with Crippen LogP contribution in [0.2, 0.25) is 5.02 Å². The van der Waals surface area contributed by atoms with Gasteiger partial charge in [0.15, 0.2) is 0 Å². The molecule has 0 saturated carbocycles. The van der Waals surface area contributed by atoms with Gasteiger partial charge >= 0.3 is 0 Å². The lowest BCUT2D eigenvalue weighted by Gasteiger charge is -2.10. The standard InChI is InChI=1S/C20H16ClN3O2/c1-26-18-10-9-16(21)12-17(18)20(25)24-23-19(14-6-3-2-4-7-14)15-8-5-11-22-13-15/h2-13H,1H3,(H,24,25)/b23-19+. The summed E-state index contributed by atoms with van der Waals surface area (Å²) in [4.78, 5) is 16.7. The molecule has 26 heavy (non-hydrogen) atoms. The van der Waals surface area contributed by atoms with Crippen molar-refractivity contribution in [2.24, 2.45) is 5.10 Å². The van der Waals surface area contributed by atoms with Crippen molar-refractivity contribution in [3.8, 4) is 5.75 Å². The van der Waals surface area contributed by atoms with Gasteiger partial charge in [0.1, 0.15) is 5.75 Å². The molecule has 0 aliphatic carbocycles. The third-order valence-electron chi connectivity index (χ3n) is 3.66. The molecule has 3 aromatic rings. The van der Waals surface area contributed by atoms with E-state index in [1.54, 1.807) is 24.5 Å². The average Bonchev–Trinajstić information content (AvgIpc) is 2.69. The van der Waals surface area contributed by atoms with Gasteiger partial charge in [0.05, 0.1) is 18.4 Å². The quantitative estimate of drug-likeness (QED) is 0.550. The Labute approximate surface area is 156 Å². The van der Waals surface area contributed by atoms with Crippen LogP contribution in [0.4, 0.5) is 0 Å². The number of nitrogens with one attached hydrogen (secondary N) is 1. The van der Waals surface area contributed by atoms with Crippen LogP contribution in [0.5, 0.6) is 5.75 Å². The van der Waals surface area contributed by atoms with Gasteiger partial charge in [-0.3, -0.25) is 9.78 Å². The van der Waals surface area contributed by atoms with E-state index in [9.17, 15) is 4.79 Å². The first-order valence-electron chi connectivity index (χ1n) is 7.86. The van der Waals surface area contributed by atoms with Crippen molar-refractivity contribution < 1.29 is 9.53 Å². The van der Waals surface area contributed by atoms with Gasteiger partial charge < -0.3 is 4.74 Å². The molecule has 1 heterocycles. The maximum Gasteiger partial charge on any atom is 0.275 e. The van der Waals surface area contributed by atoms with Crippen molar-refractivity contribution in [3.05, 3.63) is 94.8 Å². The smallest absolute Gasteiger partial charge is 0.275 e. The van der Waals surface area contributed by atoms with Gasteiger partial charge in [-0.05, 0) is 30.3 Å². The molecule has 0 radical (unpaired) electrons. The molecular formula is C20H16ClN3O2. The number of hydrogen-bond acceptors (Lipinski definition) is 4. The first kappa shape index (κ1) is 17.6. The molecule has 1 N–H and O–H groups in total. The van der Waals surface area contributed by atoms with Gasteiger partial charge in [-0.25, -0.2) is 5.43 Å². The van der Waals surface area contributed by atoms with E-state index in [0.29, 0.717) is 22.0 Å². The Balaban J connectivity index is 1.95. The van der Waals surface area contributed by atoms with Gasteiger partial charge in [0.2, 0.25) is 0 Å². The molecule has 2 aromatic carbocycles. The van der Waals surface area contributed by atoms with E-state index in [0.717, 1.165) is 11.1 Å². The predicted molar refractivity (Wildman–Crippen MR) is 102 cm³/mol. The highest BCUT2D eigenvalue weighted by Crippen LogP contribution is 2.22. The molecular weight excluding hydrogens is 350 g/mol. The lowest BCUT2D eigenvalue weighted by atomic mass is 10.0. The van der Waals surface area contributed by atoms with Gasteiger partial charge in [-0.2, -0.15) is 5.10 Å². The highest BCUT2D eigenvalue weighted by atomic mass is 35.5. The minimum Gasteiger partial charge on any atom is -0.496 e. The predicted octanol–water partition coefficient (Wildman–Crippen LogP) is 3.93. The molecule has 0 spiro atoms. The molecule has 0 unspecified atom stereocenters. The third-order valence-corrected chi connectivity index (χ3v) is 3.89. The molecule has 0 fully saturated rings. The Morgan fingerprint density at radius 2 is 1.85 bits per heavy atom. The number of carbonyl (C=O) groups excluding carboxylic acids is 1. The number of methoxy groups -OCH3 is 1. The van der Waals surface area contributed by atoms with Crippen LogP contribution in [0.15, 0.2) is 78.2 Å². The summed E-state index contributed by atoms with van der Waals surface area (Å²) in [6, 6.07) is 18.1. The number of hydrogen-bond donors (Lipinski definition) is 1. The summed E-state index contributed by atoms with van der Waals surface area (Å²) < 4.78 is 5.22. The van der Waals surface area contributed by atoms with Gasteiger partial charge in [-0.15, -0.1) is 0 Å². The summed E-state index contributed by atoms with van der Waals surface area (Å²) >= 11 is 5.99. The first-order chi connectivity index (χ1) is 12.7. The summed E-state index contributed by atoms with van der Waals surface area (Å²) in [5, 5.41) is 4.76. The molecule has 6 heteroatoms. The third kappa shape index (κ3) is 4.07. The van der Waals surface area contributed by atoms with Crippen LogP contribution in [0, 0.1) is 0 Å². The number of nitrogens with zero attached hydrogens (tertiary/aromatic N) is 2. The minimum absolute atomic E-state index is 0.308. The second-order valence-electron chi connectivity index (χ2n) is 5.35. The Kier molecular flexibility index (Phi) is 5.61. The number of amides is 1. The van der Waals surface area contributed by atoms with Crippen LogP contribution >= 0.6 is 11.6 Å². The fourth-order valence-corrected chi connectivity index (χ4v) is 2.59. The molecule has 5 nitrogen and oxygen atoms in total. The maximum atomic E-state index is 12.6. The largest absolute Gasteiger partial charge is 0.496 e. The zero-order valence-corrected chi connectivity index (χ0v) is 14.8. The summed E-state index contributed by atoms with van der Waals surface area (Å²) in [6.45, 7) is 0. The number of rotatable bonds is 5. The van der Waals surface area contributed by atoms with Crippen LogP contribution in [0.1, 0.15) is 21.5 Å². The topological polar surface area (TPSA) is 63.6 Å². The average molecular weight is 366 g/mol. The van der Waals surface area contributed by atoms with Crippen molar-refractivity contribution in [1.29, 1.82) is 0 Å². The molecule has 1 aromatic heterocycles. The molecule has 130 valence electrons. The Bertz CT molecular complexity index is 887. The number of halogens is 1. The van der Waals surface area contributed by atoms with E-state index >= 15 is 0 Å². The lowest BCUT2D eigenvalue weighted by Crippen LogP contribution is -2.21. The van der Waals surface area contributed by atoms with Gasteiger partial charge in [0, 0.05) is 28.5 Å². The second-order valence-corrected chi connectivity index (χ2v) is 5.79. The van der Waals surface area contributed by atoms with E-state index in [1.165, 1.54) is 13.2 Å². The number of benzene rings is 2. The number of aromatic nitrogens is 1. The molecule has 0 saturated heterocycles. The SMILES string of the molecule is COc1ccc(Cl)cc1C(=O)N/N=C(\c1ccccc1)c1cccnc1. The minimum atomic E-state index is -0.415. The van der Waals surface area contributed by atoms with Crippen LogP contribution < -0.4 is 10.2 Å². The maximum absolute atomic E-state index is 12.6. The van der Waals surface area contributed by atoms with Crippen LogP contribution in [-0.2, 0) is 0 Å². The molecule has 0 atom stereocenters. The van der Waals surface area contributed by atoms with E-state index in [1.807, 2.05) is 42.5 Å². The zero-order chi connectivity index (χ0) is 18.4. The number of pyridine rings is 1. The van der Waals surface area contributed by atoms with Gasteiger partial charge in [0.25, 0.3) is 5.91 Å². The highest BCUT2D eigenvalue weighted by molar-refractivity contribution is 6.31. The van der Waals surface area contributed by atoms with Crippen molar-refractivity contribution in [3.63, 3.8) is 0 Å². The number of carbonyl (C=O) groups is 1. The van der Waals surface area contributed by atoms with Crippen molar-refractivity contribution in [1.82, 2.24) is 10.4 Å². The van der Waals surface area contributed by atoms with E-state index in [4.69, 9.17) is 16.3 Å². The lowest BCUT2D eigenvalue weighted by molar-refractivity contribution is 0.0952. The summed E-state index contributed by atoms with van der Waals surface area (Å²) in [7, 11) is 1.49. The summed E-state index contributed by atoms with van der Waals surface area (Å²) in [5.74, 6) is 0.00594. The van der Waals surface area contributed by atoms with Crippen molar-refractivity contribution in [2.75, 3.05) is 7.11 Å². The summed E-state index contributed by atoms with van der Waals surface area (Å²) in [6.07, 6.45) is 3.37. The van der Waals surface area contributed by atoms with E-state index in [-0.39, 0.29) is 0 Å². The molecule has 0 aliphatic heterocycles. The number of hydrazone groups is 1. The monoisotopic (exact) mass is 365 g/mol. The van der Waals surface area contributed by atoms with Crippen molar-refractivity contribution in [2.45, 2.75) is 0 Å². The van der Waals surface area contributed by atoms with Gasteiger partial charge in [-0.1, -0.05) is 41.9 Å². The molecule has 0 aliphatic rings. The zero-order valence-electron chi connectivity index (χ0n) is 14.0. The fraction of sp³-hybridized carbons (Fsp3) is 0.0500. The Hall–Kier alpha value is -3.18. The van der Waals surface area contributed by atoms with Crippen LogP contribution in [-0.4, -0.2) is 23.7 Å². The Morgan fingerprint density at radius 1 is 1.08 bits per heavy atom. The van der Waals surface area contributed by atoms with Crippen molar-refractivity contribution >= 4 is 23.2 Å². The molecule has 0 bridgehead atoms. The first-order valence-corrected chi connectivity index (χ1v) is 8.24.